The molecule has 1 saturated heterocycles. The summed E-state index contributed by atoms with van der Waals surface area (Å²) in [4.78, 5) is 29.2. The van der Waals surface area contributed by atoms with Gasteiger partial charge in [0.25, 0.3) is 0 Å². The van der Waals surface area contributed by atoms with E-state index in [-0.39, 0.29) is 17.6 Å². The molecule has 1 fully saturated rings. The smallest absolute Gasteiger partial charge is 0.355 e. The first-order valence-electron chi connectivity index (χ1n) is 8.78. The molecule has 2 heterocycles. The van der Waals surface area contributed by atoms with E-state index in [0.717, 1.165) is 23.6 Å². The molecule has 3 rings (SSSR count). The lowest BCUT2D eigenvalue weighted by Crippen LogP contribution is -2.29. The van der Waals surface area contributed by atoms with E-state index in [2.05, 4.69) is 36.2 Å². The fourth-order valence-electron chi connectivity index (χ4n) is 3.21. The van der Waals surface area contributed by atoms with Crippen LogP contribution in [0.1, 0.15) is 53.8 Å². The summed E-state index contributed by atoms with van der Waals surface area (Å²) in [5.74, 6) is -0.101. The number of carboxylic acids is 1. The topological polar surface area (TPSA) is 70.5 Å². The van der Waals surface area contributed by atoms with Gasteiger partial charge in [-0.15, -0.1) is 11.3 Å². The van der Waals surface area contributed by atoms with Crippen LogP contribution in [0, 0.1) is 0 Å². The predicted molar refractivity (Wildman–Crippen MR) is 104 cm³/mol. The maximum Gasteiger partial charge on any atom is 0.355 e. The number of aryl methyl sites for hydroxylation is 1. The molecule has 1 N–H and O–H groups in total. The zero-order chi connectivity index (χ0) is 18.5. The van der Waals surface area contributed by atoms with Crippen LogP contribution in [-0.2, 0) is 11.2 Å². The predicted octanol–water partition coefficient (Wildman–Crippen LogP) is 4.25. The number of carboxylic acid groups (broad SMARTS) is 1. The second-order valence-corrected chi connectivity index (χ2v) is 8.49. The number of aromatic nitrogens is 1. The molecule has 26 heavy (non-hydrogen) atoms. The van der Waals surface area contributed by atoms with Gasteiger partial charge in [0, 0.05) is 24.1 Å². The fourth-order valence-corrected chi connectivity index (χ4v) is 5.02. The Morgan fingerprint density at radius 3 is 2.81 bits per heavy atom. The minimum absolute atomic E-state index is 0.0831. The van der Waals surface area contributed by atoms with Crippen molar-refractivity contribution in [2.75, 3.05) is 12.3 Å². The molecule has 1 aliphatic rings. The van der Waals surface area contributed by atoms with E-state index < -0.39 is 5.97 Å². The number of aromatic carboxylic acids is 1. The van der Waals surface area contributed by atoms with E-state index in [1.165, 1.54) is 34.2 Å². The van der Waals surface area contributed by atoms with E-state index in [4.69, 9.17) is 5.11 Å². The maximum absolute atomic E-state index is 12.3. The van der Waals surface area contributed by atoms with Crippen molar-refractivity contribution < 1.29 is 14.7 Å². The van der Waals surface area contributed by atoms with Gasteiger partial charge in [0.1, 0.15) is 0 Å². The van der Waals surface area contributed by atoms with Crippen LogP contribution in [0.15, 0.2) is 34.0 Å². The van der Waals surface area contributed by atoms with Crippen LogP contribution in [0.2, 0.25) is 0 Å². The molecule has 0 spiro atoms. The molecule has 1 amide bonds. The van der Waals surface area contributed by atoms with Crippen molar-refractivity contribution >= 4 is 35.0 Å². The minimum Gasteiger partial charge on any atom is -0.476 e. The van der Waals surface area contributed by atoms with Crippen LogP contribution in [-0.4, -0.2) is 39.2 Å². The average Bonchev–Trinajstić information content (AvgIpc) is 3.24. The summed E-state index contributed by atoms with van der Waals surface area (Å²) in [6.45, 7) is 2.82. The normalized spacial score (nSPS) is 17.0. The second kappa shape index (κ2) is 8.68. The van der Waals surface area contributed by atoms with Crippen molar-refractivity contribution in [1.82, 2.24) is 9.88 Å². The first-order chi connectivity index (χ1) is 12.6. The number of hydrogen-bond acceptors (Lipinski definition) is 5. The van der Waals surface area contributed by atoms with Crippen molar-refractivity contribution in [3.05, 3.63) is 46.5 Å². The highest BCUT2D eigenvalue weighted by atomic mass is 32.2. The van der Waals surface area contributed by atoms with Crippen LogP contribution in [0.4, 0.5) is 0 Å². The molecule has 2 aromatic rings. The third-order valence-electron chi connectivity index (χ3n) is 4.49. The van der Waals surface area contributed by atoms with E-state index in [0.29, 0.717) is 18.7 Å². The second-order valence-electron chi connectivity index (χ2n) is 6.29. The number of carbonyl (C=O) groups excluding carboxylic acids is 1. The van der Waals surface area contributed by atoms with Gasteiger partial charge in [-0.05, 0) is 24.0 Å². The molecule has 0 radical (unpaired) electrons. The van der Waals surface area contributed by atoms with Crippen molar-refractivity contribution in [2.24, 2.45) is 0 Å². The third kappa shape index (κ3) is 4.45. The van der Waals surface area contributed by atoms with Gasteiger partial charge in [0.15, 0.2) is 10.0 Å². The first kappa shape index (κ1) is 18.9. The molecule has 1 aromatic carbocycles. The standard InChI is InChI=1S/C19H22N2O3S2/c1-2-3-13-4-6-14(7-5-13)16-8-9-17(22)21(16)10-11-25-19-20-15(12-26-19)18(23)24/h4-7,12,16H,2-3,8-11H2,1H3,(H,23,24). The third-order valence-corrected chi connectivity index (χ3v) is 6.49. The molecule has 138 valence electrons. The van der Waals surface area contributed by atoms with E-state index in [9.17, 15) is 9.59 Å². The van der Waals surface area contributed by atoms with E-state index in [1.54, 1.807) is 5.38 Å². The monoisotopic (exact) mass is 390 g/mol. The van der Waals surface area contributed by atoms with Crippen LogP contribution in [0.5, 0.6) is 0 Å². The SMILES string of the molecule is CCCc1ccc(C2CCC(=O)N2CCSc2nc(C(=O)O)cs2)cc1. The summed E-state index contributed by atoms with van der Waals surface area (Å²) in [7, 11) is 0. The van der Waals surface area contributed by atoms with E-state index in [1.807, 2.05) is 4.90 Å². The highest BCUT2D eigenvalue weighted by Crippen LogP contribution is 2.33. The molecule has 1 aromatic heterocycles. The van der Waals surface area contributed by atoms with Gasteiger partial charge in [0.2, 0.25) is 5.91 Å². The Bertz CT molecular complexity index is 773. The van der Waals surface area contributed by atoms with Gasteiger partial charge in [-0.2, -0.15) is 0 Å². The molecule has 0 bridgehead atoms. The maximum atomic E-state index is 12.3. The highest BCUT2D eigenvalue weighted by molar-refractivity contribution is 8.01. The Hall–Kier alpha value is -1.86. The number of nitrogens with zero attached hydrogens (tertiary/aromatic N) is 2. The summed E-state index contributed by atoms with van der Waals surface area (Å²) in [6, 6.07) is 8.77. The molecule has 1 aliphatic heterocycles. The summed E-state index contributed by atoms with van der Waals surface area (Å²) in [5, 5.41) is 10.5. The Morgan fingerprint density at radius 1 is 1.38 bits per heavy atom. The number of thioether (sulfide) groups is 1. The molecule has 5 nitrogen and oxygen atoms in total. The highest BCUT2D eigenvalue weighted by Gasteiger charge is 2.31. The van der Waals surface area contributed by atoms with Gasteiger partial charge < -0.3 is 10.0 Å². The number of thiazole rings is 1. The summed E-state index contributed by atoms with van der Waals surface area (Å²) >= 11 is 2.84. The minimum atomic E-state index is -1.01. The number of likely N-dealkylation sites (tertiary alicyclic amines) is 1. The Labute approximate surface area is 161 Å². The molecule has 1 atom stereocenters. The Balaban J connectivity index is 1.59. The Kier molecular flexibility index (Phi) is 6.32. The zero-order valence-corrected chi connectivity index (χ0v) is 16.3. The van der Waals surface area contributed by atoms with E-state index >= 15 is 0 Å². The summed E-state index contributed by atoms with van der Waals surface area (Å²) < 4.78 is 0.731. The van der Waals surface area contributed by atoms with Crippen molar-refractivity contribution in [1.29, 1.82) is 0 Å². The van der Waals surface area contributed by atoms with Crippen molar-refractivity contribution in [2.45, 2.75) is 43.0 Å². The quantitative estimate of drug-likeness (QED) is 0.682. The molecule has 0 aliphatic carbocycles. The number of hydrogen-bond donors (Lipinski definition) is 1. The molecular formula is C19H22N2O3S2. The van der Waals surface area contributed by atoms with Crippen LogP contribution < -0.4 is 0 Å². The first-order valence-corrected chi connectivity index (χ1v) is 10.6. The number of carbonyl (C=O) groups is 2. The number of benzene rings is 1. The van der Waals surface area contributed by atoms with Crippen molar-refractivity contribution in [3.63, 3.8) is 0 Å². The lowest BCUT2D eigenvalue weighted by atomic mass is 10.0. The lowest BCUT2D eigenvalue weighted by Gasteiger charge is -2.25. The fraction of sp³-hybridized carbons (Fsp3) is 0.421. The molecule has 7 heteroatoms. The summed E-state index contributed by atoms with van der Waals surface area (Å²) in [6.07, 6.45) is 3.66. The van der Waals surface area contributed by atoms with Gasteiger partial charge in [-0.1, -0.05) is 49.4 Å². The lowest BCUT2D eigenvalue weighted by molar-refractivity contribution is -0.128. The molecular weight excluding hydrogens is 368 g/mol. The zero-order valence-electron chi connectivity index (χ0n) is 14.7. The van der Waals surface area contributed by atoms with Crippen LogP contribution in [0.25, 0.3) is 0 Å². The number of amides is 1. The molecule has 1 unspecified atom stereocenters. The summed E-state index contributed by atoms with van der Waals surface area (Å²) in [5.41, 5.74) is 2.61. The number of rotatable bonds is 8. The van der Waals surface area contributed by atoms with Gasteiger partial charge in [0.05, 0.1) is 6.04 Å². The Morgan fingerprint density at radius 2 is 2.15 bits per heavy atom. The van der Waals surface area contributed by atoms with Gasteiger partial charge >= 0.3 is 5.97 Å². The van der Waals surface area contributed by atoms with Crippen LogP contribution in [0.3, 0.4) is 0 Å². The van der Waals surface area contributed by atoms with Crippen LogP contribution >= 0.6 is 23.1 Å². The van der Waals surface area contributed by atoms with Gasteiger partial charge in [-0.25, -0.2) is 9.78 Å². The largest absolute Gasteiger partial charge is 0.476 e. The molecule has 0 saturated carbocycles. The average molecular weight is 391 g/mol. The van der Waals surface area contributed by atoms with Gasteiger partial charge in [-0.3, -0.25) is 4.79 Å². The van der Waals surface area contributed by atoms with Crippen molar-refractivity contribution in [3.8, 4) is 0 Å².